The number of aliphatic hydroxyl groups is 1. The lowest BCUT2D eigenvalue weighted by Gasteiger charge is -2.15. The lowest BCUT2D eigenvalue weighted by molar-refractivity contribution is 0.168. The molecule has 0 saturated heterocycles. The molecule has 8 aromatic carbocycles. The first kappa shape index (κ1) is 99.4. The molecule has 1 unspecified atom stereocenters. The quantitative estimate of drug-likeness (QED) is 0.0507. The fourth-order valence-electron chi connectivity index (χ4n) is 15.1. The minimum absolute atomic E-state index is 0.221. The number of halogens is 5. The molecular formula is C122H100F5N5OS5. The maximum atomic E-state index is 13.6. The van der Waals surface area contributed by atoms with Crippen LogP contribution >= 0.6 is 56.7 Å². The molecule has 0 radical (unpaired) electrons. The van der Waals surface area contributed by atoms with Gasteiger partial charge in [0.15, 0.2) is 0 Å². The molecule has 18 aromatic rings. The molecule has 0 bridgehead atoms. The van der Waals surface area contributed by atoms with Crippen molar-refractivity contribution >= 4 is 56.7 Å². The van der Waals surface area contributed by atoms with E-state index in [4.69, 9.17) is 0 Å². The molecule has 684 valence electrons. The zero-order chi connectivity index (χ0) is 95.8. The average Bonchev–Trinajstić information content (AvgIpc) is 1.61. The Kier molecular flexibility index (Phi) is 37.8. The third-order valence-corrected chi connectivity index (χ3v) is 27.5. The second kappa shape index (κ2) is 52.5. The third kappa shape index (κ3) is 28.3. The topological polar surface area (TPSA) is 84.7 Å². The van der Waals surface area contributed by atoms with Crippen LogP contribution in [-0.2, 0) is 25.7 Å². The van der Waals surface area contributed by atoms with Crippen LogP contribution in [0.5, 0.6) is 0 Å². The Morgan fingerprint density at radius 2 is 0.630 bits per heavy atom. The summed E-state index contributed by atoms with van der Waals surface area (Å²) in [7, 11) is 0. The van der Waals surface area contributed by atoms with Crippen molar-refractivity contribution in [1.82, 2.24) is 24.9 Å². The van der Waals surface area contributed by atoms with Crippen LogP contribution in [0.15, 0.2) is 352 Å². The number of hydrogen-bond acceptors (Lipinski definition) is 11. The van der Waals surface area contributed by atoms with Gasteiger partial charge in [0.05, 0.1) is 25.6 Å². The summed E-state index contributed by atoms with van der Waals surface area (Å²) in [5.41, 5.74) is 22.6. The van der Waals surface area contributed by atoms with E-state index in [1.54, 1.807) is 118 Å². The highest BCUT2D eigenvalue weighted by Gasteiger charge is 2.27. The van der Waals surface area contributed by atoms with E-state index in [2.05, 4.69) is 196 Å². The van der Waals surface area contributed by atoms with Crippen LogP contribution < -0.4 is 0 Å². The molecule has 0 aliphatic rings. The number of unbranched alkanes of at least 4 members (excludes halogenated alkanes) is 4. The van der Waals surface area contributed by atoms with E-state index in [1.165, 1.54) is 88.5 Å². The minimum atomic E-state index is -0.676. The maximum Gasteiger partial charge on any atom is 0.123 e. The van der Waals surface area contributed by atoms with Crippen LogP contribution in [0.1, 0.15) is 151 Å². The van der Waals surface area contributed by atoms with Gasteiger partial charge in [-0.05, 0) is 269 Å². The number of pyridine rings is 5. The van der Waals surface area contributed by atoms with Crippen molar-refractivity contribution < 1.29 is 27.1 Å². The molecule has 0 fully saturated rings. The van der Waals surface area contributed by atoms with E-state index in [1.807, 2.05) is 146 Å². The number of benzene rings is 8. The van der Waals surface area contributed by atoms with Crippen molar-refractivity contribution in [2.75, 3.05) is 0 Å². The Labute approximate surface area is 827 Å². The molecule has 16 heteroatoms. The Balaban J connectivity index is 0.000000139. The summed E-state index contributed by atoms with van der Waals surface area (Å²) >= 11 is 8.21. The SMILES string of the molecule is CCCC#Cc1cc(-c2ccncc2)c(-c2ccc(F)cc2)s1.CCCC#Cc1cc(-c2ccncc2)c(-c2ccc(F)cc2)s1.CCCC#Cc1sc(-c2ccc(F)cc2)c(-c2ccncc2)c1C(O)CCc1ccccc1.CCCC#Cc1sc(-c2ccc(F)cc2)c(-c2ccncc2)c1CCCc1ccccc1.Fc1ccc(-c2scc(C#CCc3ccccc3)c2-c2ccncc2)cc1. The van der Waals surface area contributed by atoms with Crippen LogP contribution in [-0.4, -0.2) is 30.0 Å². The van der Waals surface area contributed by atoms with Gasteiger partial charge in [-0.25, -0.2) is 22.0 Å². The number of rotatable bonds is 23. The van der Waals surface area contributed by atoms with Gasteiger partial charge in [-0.3, -0.25) is 24.9 Å². The number of aliphatic hydroxyl groups excluding tert-OH is 1. The molecule has 0 saturated carbocycles. The van der Waals surface area contributed by atoms with Crippen molar-refractivity contribution in [2.45, 2.75) is 124 Å². The highest BCUT2D eigenvalue weighted by Crippen LogP contribution is 2.49. The number of thiophene rings is 5. The van der Waals surface area contributed by atoms with E-state index < -0.39 is 6.10 Å². The van der Waals surface area contributed by atoms with Gasteiger partial charge in [0.2, 0.25) is 0 Å². The highest BCUT2D eigenvalue weighted by molar-refractivity contribution is 7.18. The first-order chi connectivity index (χ1) is 67.8. The largest absolute Gasteiger partial charge is 0.388 e. The van der Waals surface area contributed by atoms with Crippen molar-refractivity contribution in [3.63, 3.8) is 0 Å². The monoisotopic (exact) mass is 1910 g/mol. The lowest BCUT2D eigenvalue weighted by atomic mass is 9.92. The van der Waals surface area contributed by atoms with E-state index in [0.29, 0.717) is 12.8 Å². The number of hydrogen-bond donors (Lipinski definition) is 1. The van der Waals surface area contributed by atoms with Gasteiger partial charge in [0, 0.05) is 163 Å². The van der Waals surface area contributed by atoms with Gasteiger partial charge in [0.1, 0.15) is 29.1 Å². The minimum Gasteiger partial charge on any atom is -0.388 e. The van der Waals surface area contributed by atoms with Gasteiger partial charge < -0.3 is 5.11 Å². The standard InChI is InChI=1S/C29H26FNOS.C29H26FNS.C24H16FNS.2C20H16FNS/c1-2-3-5-10-26-28(25(32)16-11-21-8-6-4-7-9-21)27(22-17-19-31-20-18-22)29(33-26)23-12-14-24(30)15-13-23;1-2-3-5-13-27-26(12-8-11-22-9-6-4-7-10-22)28(23-18-20-31-21-19-23)29(32-27)24-14-16-25(30)17-15-24;25-22-11-9-20(10-12-22)24-23(19-13-15-26-16-14-19)21(17-27-24)8-4-7-18-5-2-1-3-6-18;2*1-2-3-4-5-18-14-19(15-10-12-22-13-11-15)20(23-18)16-6-8-17(21)9-7-16/h4,6-9,12-15,17-20,25,32H,2-3,11,16H2,1H3;4,6-7,9-10,14-21H,2-3,8,11-12H2,1H3;1-3,5-6,9-17H,7H2;2*6-14H,2-3H2,1H3. The lowest BCUT2D eigenvalue weighted by Crippen LogP contribution is -2.02. The van der Waals surface area contributed by atoms with E-state index >= 15 is 0 Å². The summed E-state index contributed by atoms with van der Waals surface area (Å²) in [5.74, 6) is 31.7. The molecular weight excluding hydrogens is 1810 g/mol. The molecule has 1 N–H and O–H groups in total. The zero-order valence-corrected chi connectivity index (χ0v) is 81.2. The Morgan fingerprint density at radius 1 is 0.297 bits per heavy atom. The molecule has 1 atom stereocenters. The van der Waals surface area contributed by atoms with Crippen molar-refractivity contribution in [3.05, 3.63) is 434 Å². The smallest absolute Gasteiger partial charge is 0.123 e. The van der Waals surface area contributed by atoms with Gasteiger partial charge in [-0.2, -0.15) is 0 Å². The Hall–Kier alpha value is -14.6. The molecule has 18 rings (SSSR count). The summed E-state index contributed by atoms with van der Waals surface area (Å²) in [6.45, 7) is 8.49. The van der Waals surface area contributed by atoms with Crippen molar-refractivity contribution in [1.29, 1.82) is 0 Å². The molecule has 0 aliphatic heterocycles. The van der Waals surface area contributed by atoms with Crippen LogP contribution in [0.4, 0.5) is 22.0 Å². The second-order valence-corrected chi connectivity index (χ2v) is 37.0. The predicted molar refractivity (Wildman–Crippen MR) is 567 cm³/mol. The van der Waals surface area contributed by atoms with Crippen LogP contribution in [0.25, 0.3) is 108 Å². The van der Waals surface area contributed by atoms with Crippen molar-refractivity contribution in [3.8, 4) is 167 Å². The molecule has 0 amide bonds. The summed E-state index contributed by atoms with van der Waals surface area (Å²) < 4.78 is 67.0. The molecule has 0 aliphatic carbocycles. The average molecular weight is 1910 g/mol. The summed E-state index contributed by atoms with van der Waals surface area (Å²) in [5, 5.41) is 13.5. The fourth-order valence-corrected chi connectivity index (χ4v) is 20.8. The number of nitrogens with zero attached hydrogens (tertiary/aromatic N) is 5. The van der Waals surface area contributed by atoms with Gasteiger partial charge in [-0.1, -0.05) is 239 Å². The van der Waals surface area contributed by atoms with Crippen LogP contribution in [0.2, 0.25) is 0 Å². The third-order valence-electron chi connectivity index (χ3n) is 21.9. The summed E-state index contributed by atoms with van der Waals surface area (Å²) in [6, 6.07) is 88.3. The summed E-state index contributed by atoms with van der Waals surface area (Å²) in [4.78, 5) is 30.1. The maximum absolute atomic E-state index is 13.6. The zero-order valence-electron chi connectivity index (χ0n) is 77.1. The first-order valence-corrected chi connectivity index (χ1v) is 50.2. The molecule has 10 heterocycles. The second-order valence-electron chi connectivity index (χ2n) is 32.0. The van der Waals surface area contributed by atoms with Gasteiger partial charge in [0.25, 0.3) is 0 Å². The van der Waals surface area contributed by atoms with Crippen molar-refractivity contribution in [2.24, 2.45) is 0 Å². The molecule has 6 nitrogen and oxygen atoms in total. The van der Waals surface area contributed by atoms with Crippen LogP contribution in [0.3, 0.4) is 0 Å². The fraction of sp³-hybridized carbons (Fsp3) is 0.156. The number of aromatic nitrogens is 5. The van der Waals surface area contributed by atoms with E-state index in [-0.39, 0.29) is 29.1 Å². The number of aryl methyl sites for hydroxylation is 2. The Bertz CT molecular complexity index is 7080. The van der Waals surface area contributed by atoms with Crippen LogP contribution in [0, 0.1) is 88.3 Å². The normalized spacial score (nSPS) is 10.6. The van der Waals surface area contributed by atoms with Gasteiger partial charge in [-0.15, -0.1) is 56.7 Å². The molecule has 0 spiro atoms. The van der Waals surface area contributed by atoms with E-state index in [0.717, 1.165) is 210 Å². The Morgan fingerprint density at radius 3 is 1.04 bits per heavy atom. The summed E-state index contributed by atoms with van der Waals surface area (Å²) in [6.07, 6.45) is 29.9. The van der Waals surface area contributed by atoms with E-state index in [9.17, 15) is 27.1 Å². The molecule has 10 aromatic heterocycles. The first-order valence-electron chi connectivity index (χ1n) is 46.1. The molecule has 138 heavy (non-hydrogen) atoms. The highest BCUT2D eigenvalue weighted by atomic mass is 32.1. The predicted octanol–water partition coefficient (Wildman–Crippen LogP) is 33.1. The van der Waals surface area contributed by atoms with Gasteiger partial charge >= 0.3 is 0 Å².